The zero-order chi connectivity index (χ0) is 20.2. The number of ether oxygens (including phenoxy) is 3. The van der Waals surface area contributed by atoms with E-state index in [0.29, 0.717) is 37.7 Å². The fraction of sp³-hybridized carbons (Fsp3) is 0.333. The van der Waals surface area contributed by atoms with Crippen molar-refractivity contribution in [3.63, 3.8) is 0 Å². The molecule has 0 aromatic heterocycles. The average molecular weight is 403 g/mol. The summed E-state index contributed by atoms with van der Waals surface area (Å²) in [4.78, 5) is 12.3. The largest absolute Gasteiger partial charge is 0.494 e. The summed E-state index contributed by atoms with van der Waals surface area (Å²) in [7, 11) is 0. The number of anilines is 1. The SMILES string of the molecule is CCCOc1cccc(NC(=S)NC(=O)c2ccc(OCCOCC)cc2)c1. The molecule has 0 saturated heterocycles. The van der Waals surface area contributed by atoms with Crippen LogP contribution < -0.4 is 20.1 Å². The number of hydrogen-bond donors (Lipinski definition) is 2. The zero-order valence-corrected chi connectivity index (χ0v) is 17.0. The van der Waals surface area contributed by atoms with E-state index >= 15 is 0 Å². The molecule has 0 atom stereocenters. The molecule has 0 aliphatic heterocycles. The van der Waals surface area contributed by atoms with E-state index in [-0.39, 0.29) is 11.0 Å². The van der Waals surface area contributed by atoms with Gasteiger partial charge in [0.25, 0.3) is 5.91 Å². The van der Waals surface area contributed by atoms with Crippen molar-refractivity contribution in [2.24, 2.45) is 0 Å². The van der Waals surface area contributed by atoms with E-state index in [9.17, 15) is 4.79 Å². The third-order valence-corrected chi connectivity index (χ3v) is 3.81. The lowest BCUT2D eigenvalue weighted by atomic mass is 10.2. The molecule has 1 amide bonds. The van der Waals surface area contributed by atoms with Crippen LogP contribution in [-0.4, -0.2) is 37.4 Å². The van der Waals surface area contributed by atoms with Gasteiger partial charge in [0, 0.05) is 23.9 Å². The van der Waals surface area contributed by atoms with E-state index in [2.05, 4.69) is 10.6 Å². The summed E-state index contributed by atoms with van der Waals surface area (Å²) in [6, 6.07) is 14.3. The van der Waals surface area contributed by atoms with E-state index < -0.39 is 0 Å². The average Bonchev–Trinajstić information content (AvgIpc) is 2.70. The number of rotatable bonds is 10. The van der Waals surface area contributed by atoms with Crippen LogP contribution in [0.4, 0.5) is 5.69 Å². The second kappa shape index (κ2) is 11.9. The minimum Gasteiger partial charge on any atom is -0.494 e. The monoisotopic (exact) mass is 402 g/mol. The molecular weight excluding hydrogens is 376 g/mol. The first-order chi connectivity index (χ1) is 13.6. The first kappa shape index (κ1) is 21.7. The molecule has 2 aromatic carbocycles. The number of benzene rings is 2. The predicted octanol–water partition coefficient (Wildman–Crippen LogP) is 4.02. The number of nitrogens with one attached hydrogen (secondary N) is 2. The highest BCUT2D eigenvalue weighted by molar-refractivity contribution is 7.80. The summed E-state index contributed by atoms with van der Waals surface area (Å²) in [5, 5.41) is 5.88. The molecule has 0 aliphatic carbocycles. The first-order valence-electron chi connectivity index (χ1n) is 9.28. The standard InChI is InChI=1S/C21H26N2O4S/c1-3-12-26-19-7-5-6-17(15-19)22-21(28)23-20(24)16-8-10-18(11-9-16)27-14-13-25-4-2/h5-11,15H,3-4,12-14H2,1-2H3,(H2,22,23,24,28). The Morgan fingerprint density at radius 1 is 0.964 bits per heavy atom. The molecule has 0 heterocycles. The molecule has 6 nitrogen and oxygen atoms in total. The van der Waals surface area contributed by atoms with Crippen LogP contribution in [-0.2, 0) is 4.74 Å². The normalized spacial score (nSPS) is 10.2. The van der Waals surface area contributed by atoms with E-state index in [1.54, 1.807) is 24.3 Å². The van der Waals surface area contributed by atoms with Gasteiger partial charge in [-0.05, 0) is 62.0 Å². The van der Waals surface area contributed by atoms with E-state index in [1.165, 1.54) is 0 Å². The van der Waals surface area contributed by atoms with Gasteiger partial charge in [-0.3, -0.25) is 10.1 Å². The van der Waals surface area contributed by atoms with Crippen molar-refractivity contribution in [2.45, 2.75) is 20.3 Å². The zero-order valence-electron chi connectivity index (χ0n) is 16.2. The second-order valence-corrected chi connectivity index (χ2v) is 6.26. The van der Waals surface area contributed by atoms with Gasteiger partial charge in [-0.2, -0.15) is 0 Å². The van der Waals surface area contributed by atoms with Gasteiger partial charge in [-0.1, -0.05) is 13.0 Å². The van der Waals surface area contributed by atoms with Gasteiger partial charge in [0.05, 0.1) is 13.2 Å². The maximum absolute atomic E-state index is 12.3. The van der Waals surface area contributed by atoms with Crippen molar-refractivity contribution in [2.75, 3.05) is 31.7 Å². The number of carbonyl (C=O) groups is 1. The van der Waals surface area contributed by atoms with Crippen molar-refractivity contribution in [3.05, 3.63) is 54.1 Å². The molecule has 0 unspecified atom stereocenters. The van der Waals surface area contributed by atoms with Crippen LogP contribution in [0.2, 0.25) is 0 Å². The maximum Gasteiger partial charge on any atom is 0.257 e. The van der Waals surface area contributed by atoms with Crippen molar-refractivity contribution >= 4 is 28.9 Å². The van der Waals surface area contributed by atoms with E-state index in [0.717, 1.165) is 17.9 Å². The maximum atomic E-state index is 12.3. The Morgan fingerprint density at radius 2 is 1.71 bits per heavy atom. The van der Waals surface area contributed by atoms with Gasteiger partial charge >= 0.3 is 0 Å². The molecule has 2 rings (SSSR count). The highest BCUT2D eigenvalue weighted by Gasteiger charge is 2.09. The minimum absolute atomic E-state index is 0.217. The van der Waals surface area contributed by atoms with Crippen LogP contribution in [0.25, 0.3) is 0 Å². The molecule has 0 saturated carbocycles. The Bertz CT molecular complexity index is 765. The molecule has 0 bridgehead atoms. The Morgan fingerprint density at radius 3 is 2.43 bits per heavy atom. The topological polar surface area (TPSA) is 68.8 Å². The highest BCUT2D eigenvalue weighted by atomic mass is 32.1. The van der Waals surface area contributed by atoms with E-state index in [1.807, 2.05) is 38.1 Å². The molecular formula is C21H26N2O4S. The van der Waals surface area contributed by atoms with Gasteiger partial charge in [0.1, 0.15) is 18.1 Å². The molecule has 0 radical (unpaired) electrons. The Balaban J connectivity index is 1.84. The molecule has 28 heavy (non-hydrogen) atoms. The summed E-state index contributed by atoms with van der Waals surface area (Å²) >= 11 is 5.23. The third kappa shape index (κ3) is 7.54. The molecule has 0 fully saturated rings. The Kier molecular flexibility index (Phi) is 9.24. The van der Waals surface area contributed by atoms with Crippen molar-refractivity contribution in [3.8, 4) is 11.5 Å². The van der Waals surface area contributed by atoms with Crippen LogP contribution in [0, 0.1) is 0 Å². The summed E-state index contributed by atoms with van der Waals surface area (Å²) in [6.45, 7) is 6.29. The van der Waals surface area contributed by atoms with Gasteiger partial charge in [0.2, 0.25) is 0 Å². The second-order valence-electron chi connectivity index (χ2n) is 5.85. The smallest absolute Gasteiger partial charge is 0.257 e. The van der Waals surface area contributed by atoms with Gasteiger partial charge in [0.15, 0.2) is 5.11 Å². The quantitative estimate of drug-likeness (QED) is 0.462. The predicted molar refractivity (Wildman–Crippen MR) is 114 cm³/mol. The molecule has 2 N–H and O–H groups in total. The van der Waals surface area contributed by atoms with Crippen LogP contribution in [0.5, 0.6) is 11.5 Å². The number of hydrogen-bond acceptors (Lipinski definition) is 5. The van der Waals surface area contributed by atoms with Gasteiger partial charge in [-0.15, -0.1) is 0 Å². The van der Waals surface area contributed by atoms with Crippen LogP contribution in [0.1, 0.15) is 30.6 Å². The third-order valence-electron chi connectivity index (χ3n) is 3.61. The molecule has 7 heteroatoms. The Hall–Kier alpha value is -2.64. The fourth-order valence-corrected chi connectivity index (χ4v) is 2.50. The summed E-state index contributed by atoms with van der Waals surface area (Å²) < 4.78 is 16.3. The number of carbonyl (C=O) groups excluding carboxylic acids is 1. The molecule has 0 aliphatic rings. The number of amides is 1. The lowest BCUT2D eigenvalue weighted by molar-refractivity contribution is 0.0977. The van der Waals surface area contributed by atoms with Crippen LogP contribution in [0.3, 0.4) is 0 Å². The number of thiocarbonyl (C=S) groups is 1. The first-order valence-corrected chi connectivity index (χ1v) is 9.69. The Labute approximate surface area is 171 Å². The summed E-state index contributed by atoms with van der Waals surface area (Å²) in [5.41, 5.74) is 1.23. The highest BCUT2D eigenvalue weighted by Crippen LogP contribution is 2.17. The summed E-state index contributed by atoms with van der Waals surface area (Å²) in [5.74, 6) is 1.14. The van der Waals surface area contributed by atoms with Crippen molar-refractivity contribution in [1.29, 1.82) is 0 Å². The summed E-state index contributed by atoms with van der Waals surface area (Å²) in [6.07, 6.45) is 0.933. The van der Waals surface area contributed by atoms with Gasteiger partial charge < -0.3 is 19.5 Å². The minimum atomic E-state index is -0.295. The van der Waals surface area contributed by atoms with Crippen molar-refractivity contribution in [1.82, 2.24) is 5.32 Å². The van der Waals surface area contributed by atoms with E-state index in [4.69, 9.17) is 26.4 Å². The van der Waals surface area contributed by atoms with Crippen molar-refractivity contribution < 1.29 is 19.0 Å². The molecule has 2 aromatic rings. The lowest BCUT2D eigenvalue weighted by Crippen LogP contribution is -2.34. The van der Waals surface area contributed by atoms with Crippen LogP contribution in [0.15, 0.2) is 48.5 Å². The lowest BCUT2D eigenvalue weighted by Gasteiger charge is -2.11. The molecule has 150 valence electrons. The van der Waals surface area contributed by atoms with Gasteiger partial charge in [-0.25, -0.2) is 0 Å². The fourth-order valence-electron chi connectivity index (χ4n) is 2.29. The van der Waals surface area contributed by atoms with Crippen LogP contribution >= 0.6 is 12.2 Å². The molecule has 0 spiro atoms.